The summed E-state index contributed by atoms with van der Waals surface area (Å²) >= 11 is 2.74. The highest BCUT2D eigenvalue weighted by Gasteiger charge is 2.23. The average molecular weight is 320 g/mol. The van der Waals surface area contributed by atoms with Crippen molar-refractivity contribution in [2.75, 3.05) is 5.75 Å². The number of aromatic nitrogens is 3. The SMILES string of the molecule is CCCn1ccnc1SCC(=O)[C@H](C#N)c1nc(C)cs1. The number of nitriles is 1. The molecule has 2 aromatic heterocycles. The molecule has 7 heteroatoms. The van der Waals surface area contributed by atoms with E-state index in [4.69, 9.17) is 0 Å². The van der Waals surface area contributed by atoms with Gasteiger partial charge in [-0.1, -0.05) is 18.7 Å². The van der Waals surface area contributed by atoms with Gasteiger partial charge in [-0.3, -0.25) is 4.79 Å². The van der Waals surface area contributed by atoms with Crippen LogP contribution in [0.15, 0.2) is 22.9 Å². The number of ketones is 1. The number of imidazole rings is 1. The van der Waals surface area contributed by atoms with E-state index in [1.807, 2.05) is 23.1 Å². The van der Waals surface area contributed by atoms with Gasteiger partial charge >= 0.3 is 0 Å². The third kappa shape index (κ3) is 3.93. The Kier molecular flexibility index (Phi) is 5.53. The van der Waals surface area contributed by atoms with Crippen LogP contribution in [-0.2, 0) is 11.3 Å². The number of thioether (sulfide) groups is 1. The number of Topliss-reactive ketones (excluding diaryl/α,β-unsaturated/α-hetero) is 1. The molecule has 110 valence electrons. The molecule has 0 fully saturated rings. The summed E-state index contributed by atoms with van der Waals surface area (Å²) in [7, 11) is 0. The number of nitrogens with zero attached hydrogens (tertiary/aromatic N) is 4. The standard InChI is InChI=1S/C14H16N4OS2/c1-3-5-18-6-4-16-14(18)21-9-12(19)11(7-15)13-17-10(2)8-20-13/h4,6,8,11H,3,5,9H2,1-2H3/t11-/m0/s1. The molecule has 0 N–H and O–H groups in total. The van der Waals surface area contributed by atoms with Gasteiger partial charge in [0.2, 0.25) is 0 Å². The van der Waals surface area contributed by atoms with Crippen LogP contribution in [-0.4, -0.2) is 26.1 Å². The molecule has 0 aliphatic carbocycles. The zero-order valence-corrected chi connectivity index (χ0v) is 13.6. The van der Waals surface area contributed by atoms with Crippen molar-refractivity contribution in [1.82, 2.24) is 14.5 Å². The Morgan fingerprint density at radius 1 is 1.62 bits per heavy atom. The second kappa shape index (κ2) is 7.38. The monoisotopic (exact) mass is 320 g/mol. The van der Waals surface area contributed by atoms with Crippen LogP contribution < -0.4 is 0 Å². The molecule has 0 saturated heterocycles. The lowest BCUT2D eigenvalue weighted by atomic mass is 10.1. The molecule has 0 aromatic carbocycles. The first-order valence-corrected chi connectivity index (χ1v) is 8.50. The van der Waals surface area contributed by atoms with E-state index in [1.165, 1.54) is 23.1 Å². The fourth-order valence-electron chi connectivity index (χ4n) is 1.84. The van der Waals surface area contributed by atoms with Crippen molar-refractivity contribution in [2.45, 2.75) is 37.9 Å². The summed E-state index contributed by atoms with van der Waals surface area (Å²) in [6.07, 6.45) is 4.65. The average Bonchev–Trinajstić information content (AvgIpc) is 3.07. The van der Waals surface area contributed by atoms with Gasteiger partial charge in [0.05, 0.1) is 11.8 Å². The van der Waals surface area contributed by atoms with Crippen LogP contribution in [0.5, 0.6) is 0 Å². The van der Waals surface area contributed by atoms with Crippen molar-refractivity contribution >= 4 is 28.9 Å². The summed E-state index contributed by atoms with van der Waals surface area (Å²) in [4.78, 5) is 20.7. The van der Waals surface area contributed by atoms with Gasteiger partial charge in [0, 0.05) is 30.0 Å². The predicted octanol–water partition coefficient (Wildman–Crippen LogP) is 3.03. The molecule has 2 heterocycles. The van der Waals surface area contributed by atoms with E-state index in [2.05, 4.69) is 23.0 Å². The van der Waals surface area contributed by atoms with E-state index in [0.717, 1.165) is 23.8 Å². The summed E-state index contributed by atoms with van der Waals surface area (Å²) in [5.74, 6) is -0.661. The van der Waals surface area contributed by atoms with Crippen LogP contribution in [0.25, 0.3) is 0 Å². The first kappa shape index (κ1) is 15.7. The largest absolute Gasteiger partial charge is 0.326 e. The third-order valence-electron chi connectivity index (χ3n) is 2.82. The normalized spacial score (nSPS) is 12.0. The lowest BCUT2D eigenvalue weighted by molar-refractivity contribution is -0.116. The lowest BCUT2D eigenvalue weighted by Crippen LogP contribution is -2.13. The summed E-state index contributed by atoms with van der Waals surface area (Å²) in [5, 5.41) is 12.5. The molecule has 0 aliphatic heterocycles. The van der Waals surface area contributed by atoms with E-state index in [9.17, 15) is 10.1 Å². The van der Waals surface area contributed by atoms with E-state index < -0.39 is 5.92 Å². The first-order valence-electron chi connectivity index (χ1n) is 6.64. The predicted molar refractivity (Wildman–Crippen MR) is 83.5 cm³/mol. The quantitative estimate of drug-likeness (QED) is 0.733. The summed E-state index contributed by atoms with van der Waals surface area (Å²) in [5.41, 5.74) is 0.842. The Hall–Kier alpha value is -1.65. The number of carbonyl (C=O) groups excluding carboxylic acids is 1. The van der Waals surface area contributed by atoms with Gasteiger partial charge in [0.1, 0.15) is 5.01 Å². The fourth-order valence-corrected chi connectivity index (χ4v) is 3.59. The van der Waals surface area contributed by atoms with Crippen molar-refractivity contribution in [3.63, 3.8) is 0 Å². The van der Waals surface area contributed by atoms with Crippen LogP contribution in [0.1, 0.15) is 30.0 Å². The Bertz CT molecular complexity index is 656. The number of hydrogen-bond donors (Lipinski definition) is 0. The van der Waals surface area contributed by atoms with Crippen molar-refractivity contribution in [1.29, 1.82) is 5.26 Å². The van der Waals surface area contributed by atoms with Crippen LogP contribution in [0, 0.1) is 18.3 Å². The van der Waals surface area contributed by atoms with Gasteiger partial charge in [-0.05, 0) is 13.3 Å². The van der Waals surface area contributed by atoms with Crippen LogP contribution >= 0.6 is 23.1 Å². The number of rotatable bonds is 7. The minimum absolute atomic E-state index is 0.122. The number of hydrogen-bond acceptors (Lipinski definition) is 6. The van der Waals surface area contributed by atoms with Gasteiger partial charge in [0.25, 0.3) is 0 Å². The first-order chi connectivity index (χ1) is 10.2. The zero-order valence-electron chi connectivity index (χ0n) is 11.9. The second-order valence-electron chi connectivity index (χ2n) is 4.55. The molecule has 2 rings (SSSR count). The van der Waals surface area contributed by atoms with E-state index >= 15 is 0 Å². The van der Waals surface area contributed by atoms with Gasteiger partial charge in [-0.25, -0.2) is 9.97 Å². The van der Waals surface area contributed by atoms with Gasteiger partial charge in [-0.2, -0.15) is 5.26 Å². The number of thiazole rings is 1. The van der Waals surface area contributed by atoms with E-state index in [-0.39, 0.29) is 11.5 Å². The molecule has 0 spiro atoms. The van der Waals surface area contributed by atoms with E-state index in [1.54, 1.807) is 6.20 Å². The summed E-state index contributed by atoms with van der Waals surface area (Å²) in [6, 6.07) is 2.06. The summed E-state index contributed by atoms with van der Waals surface area (Å²) < 4.78 is 2.02. The molecule has 0 saturated carbocycles. The van der Waals surface area contributed by atoms with Crippen LogP contribution in [0.4, 0.5) is 0 Å². The van der Waals surface area contributed by atoms with Gasteiger partial charge in [0.15, 0.2) is 16.9 Å². The van der Waals surface area contributed by atoms with Crippen molar-refractivity contribution < 1.29 is 4.79 Å². The highest BCUT2D eigenvalue weighted by molar-refractivity contribution is 7.99. The number of carbonyl (C=O) groups is 1. The molecule has 0 aliphatic rings. The molecule has 2 aromatic rings. The maximum Gasteiger partial charge on any atom is 0.168 e. The van der Waals surface area contributed by atoms with Gasteiger partial charge in [-0.15, -0.1) is 11.3 Å². The fraction of sp³-hybridized carbons (Fsp3) is 0.429. The maximum atomic E-state index is 12.2. The third-order valence-corrected chi connectivity index (χ3v) is 4.87. The maximum absolute atomic E-state index is 12.2. The Morgan fingerprint density at radius 2 is 2.43 bits per heavy atom. The molecule has 21 heavy (non-hydrogen) atoms. The van der Waals surface area contributed by atoms with Crippen molar-refractivity contribution in [2.24, 2.45) is 0 Å². The minimum atomic E-state index is -0.772. The molecule has 1 atom stereocenters. The Balaban J connectivity index is 2.00. The van der Waals surface area contributed by atoms with Crippen LogP contribution in [0.3, 0.4) is 0 Å². The molecule has 0 bridgehead atoms. The molecule has 5 nitrogen and oxygen atoms in total. The minimum Gasteiger partial charge on any atom is -0.326 e. The lowest BCUT2D eigenvalue weighted by Gasteiger charge is -2.07. The topological polar surface area (TPSA) is 71.6 Å². The highest BCUT2D eigenvalue weighted by atomic mass is 32.2. The molecule has 0 amide bonds. The Morgan fingerprint density at radius 3 is 3.05 bits per heavy atom. The molecular formula is C14H16N4OS2. The molecule has 0 radical (unpaired) electrons. The summed E-state index contributed by atoms with van der Waals surface area (Å²) in [6.45, 7) is 4.83. The van der Waals surface area contributed by atoms with E-state index in [0.29, 0.717) is 5.01 Å². The number of aryl methyl sites for hydroxylation is 2. The van der Waals surface area contributed by atoms with Crippen molar-refractivity contribution in [3.8, 4) is 6.07 Å². The van der Waals surface area contributed by atoms with Crippen molar-refractivity contribution in [3.05, 3.63) is 28.5 Å². The Labute approximate surface area is 132 Å². The highest BCUT2D eigenvalue weighted by Crippen LogP contribution is 2.24. The van der Waals surface area contributed by atoms with Crippen LogP contribution in [0.2, 0.25) is 0 Å². The zero-order chi connectivity index (χ0) is 15.2. The smallest absolute Gasteiger partial charge is 0.168 e. The van der Waals surface area contributed by atoms with Gasteiger partial charge < -0.3 is 4.57 Å². The molecular weight excluding hydrogens is 304 g/mol. The molecule has 0 unspecified atom stereocenters. The second-order valence-corrected chi connectivity index (χ2v) is 6.38.